The van der Waals surface area contributed by atoms with Crippen LogP contribution in [-0.4, -0.2) is 26.3 Å². The number of rotatable bonds is 8. The summed E-state index contributed by atoms with van der Waals surface area (Å²) in [6, 6.07) is 5.99. The number of benzene rings is 1. The Kier molecular flexibility index (Phi) is 7.30. The van der Waals surface area contributed by atoms with Gasteiger partial charge in [-0.2, -0.15) is 0 Å². The molecule has 0 radical (unpaired) electrons. The van der Waals surface area contributed by atoms with E-state index in [0.717, 1.165) is 30.2 Å². The molecule has 0 aliphatic carbocycles. The summed E-state index contributed by atoms with van der Waals surface area (Å²) in [6.07, 6.45) is 2.28. The molecule has 1 N–H and O–H groups in total. The molecular weight excluding hydrogens is 262 g/mol. The van der Waals surface area contributed by atoms with Crippen molar-refractivity contribution >= 4 is 6.08 Å². The first-order valence-corrected chi connectivity index (χ1v) is 7.65. The van der Waals surface area contributed by atoms with Crippen molar-refractivity contribution in [3.05, 3.63) is 29.3 Å². The second kappa shape index (κ2) is 8.73. The summed E-state index contributed by atoms with van der Waals surface area (Å²) >= 11 is 0. The first kappa shape index (κ1) is 17.6. The maximum Gasteiger partial charge on any atom is 0.168 e. The van der Waals surface area contributed by atoms with Crippen molar-refractivity contribution in [1.82, 2.24) is 5.32 Å². The van der Waals surface area contributed by atoms with Gasteiger partial charge in [0.25, 0.3) is 0 Å². The van der Waals surface area contributed by atoms with Crippen LogP contribution in [-0.2, 0) is 0 Å². The van der Waals surface area contributed by atoms with Gasteiger partial charge in [0.2, 0.25) is 0 Å². The quantitative estimate of drug-likeness (QED) is 0.781. The van der Waals surface area contributed by atoms with Gasteiger partial charge in [0.05, 0.1) is 13.2 Å². The van der Waals surface area contributed by atoms with Gasteiger partial charge in [-0.1, -0.05) is 37.6 Å². The Balaban J connectivity index is 2.90. The van der Waals surface area contributed by atoms with Crippen molar-refractivity contribution in [2.45, 2.75) is 40.7 Å². The van der Waals surface area contributed by atoms with Crippen molar-refractivity contribution < 1.29 is 9.47 Å². The van der Waals surface area contributed by atoms with Crippen molar-refractivity contribution in [2.24, 2.45) is 5.92 Å². The van der Waals surface area contributed by atoms with Crippen LogP contribution in [0.1, 0.15) is 40.2 Å². The van der Waals surface area contributed by atoms with Gasteiger partial charge < -0.3 is 14.8 Å². The van der Waals surface area contributed by atoms with Crippen LogP contribution in [0.25, 0.3) is 6.08 Å². The molecular formula is C18H29NO2. The van der Waals surface area contributed by atoms with Crippen LogP contribution < -0.4 is 14.8 Å². The first-order chi connectivity index (χ1) is 9.93. The number of methoxy groups -OCH3 is 1. The van der Waals surface area contributed by atoms with E-state index in [0.29, 0.717) is 5.92 Å². The van der Waals surface area contributed by atoms with E-state index in [9.17, 15) is 0 Å². The molecule has 0 heterocycles. The maximum absolute atomic E-state index is 5.92. The summed E-state index contributed by atoms with van der Waals surface area (Å²) in [7, 11) is 1.67. The second-order valence-electron chi connectivity index (χ2n) is 6.06. The predicted molar refractivity (Wildman–Crippen MR) is 90.1 cm³/mol. The molecule has 0 saturated heterocycles. The van der Waals surface area contributed by atoms with E-state index in [2.05, 4.69) is 38.2 Å². The minimum absolute atomic E-state index is 0.118. The summed E-state index contributed by atoms with van der Waals surface area (Å²) in [6.45, 7) is 12.5. The number of para-hydroxylation sites is 1. The summed E-state index contributed by atoms with van der Waals surface area (Å²) in [5.41, 5.74) is 2.34. The molecule has 0 unspecified atom stereocenters. The monoisotopic (exact) mass is 291 g/mol. The van der Waals surface area contributed by atoms with E-state index in [1.54, 1.807) is 7.11 Å². The standard InChI is InChI=1S/C18H29NO2/c1-13(2)11-19-12-15(5)10-16-8-7-9-17(20-6)18(16)21-14(3)4/h7-10,13-14,19H,11-12H2,1-6H3. The van der Waals surface area contributed by atoms with E-state index in [-0.39, 0.29) is 6.10 Å². The van der Waals surface area contributed by atoms with Crippen molar-refractivity contribution in [1.29, 1.82) is 0 Å². The highest BCUT2D eigenvalue weighted by atomic mass is 16.5. The lowest BCUT2D eigenvalue weighted by Gasteiger charge is -2.16. The average Bonchev–Trinajstić information content (AvgIpc) is 2.39. The molecule has 1 aromatic carbocycles. The first-order valence-electron chi connectivity index (χ1n) is 7.65. The maximum atomic E-state index is 5.92. The molecule has 0 atom stereocenters. The summed E-state index contributed by atoms with van der Waals surface area (Å²) in [5.74, 6) is 2.26. The topological polar surface area (TPSA) is 30.5 Å². The lowest BCUT2D eigenvalue weighted by Crippen LogP contribution is -2.21. The van der Waals surface area contributed by atoms with Crippen LogP contribution in [0.4, 0.5) is 0 Å². The van der Waals surface area contributed by atoms with Gasteiger partial charge in [-0.25, -0.2) is 0 Å². The molecule has 1 aromatic rings. The normalized spacial score (nSPS) is 12.1. The van der Waals surface area contributed by atoms with Crippen LogP contribution >= 0.6 is 0 Å². The van der Waals surface area contributed by atoms with Crippen LogP contribution in [0.3, 0.4) is 0 Å². The van der Waals surface area contributed by atoms with Crippen molar-refractivity contribution in [3.8, 4) is 11.5 Å². The smallest absolute Gasteiger partial charge is 0.168 e. The minimum atomic E-state index is 0.118. The molecule has 3 nitrogen and oxygen atoms in total. The van der Waals surface area contributed by atoms with Crippen molar-refractivity contribution in [2.75, 3.05) is 20.2 Å². The molecule has 0 fully saturated rings. The third-order valence-electron chi connectivity index (χ3n) is 2.94. The lowest BCUT2D eigenvalue weighted by atomic mass is 10.1. The molecule has 0 spiro atoms. The Morgan fingerprint density at radius 3 is 2.52 bits per heavy atom. The van der Waals surface area contributed by atoms with E-state index in [1.807, 2.05) is 26.0 Å². The second-order valence-corrected chi connectivity index (χ2v) is 6.06. The highest BCUT2D eigenvalue weighted by molar-refractivity contribution is 5.64. The molecule has 21 heavy (non-hydrogen) atoms. The van der Waals surface area contributed by atoms with E-state index in [1.165, 1.54) is 5.57 Å². The highest BCUT2D eigenvalue weighted by Gasteiger charge is 2.10. The number of hydrogen-bond donors (Lipinski definition) is 1. The number of nitrogens with one attached hydrogen (secondary N) is 1. The van der Waals surface area contributed by atoms with Gasteiger partial charge in [-0.3, -0.25) is 0 Å². The summed E-state index contributed by atoms with van der Waals surface area (Å²) in [4.78, 5) is 0. The number of hydrogen-bond acceptors (Lipinski definition) is 3. The van der Waals surface area contributed by atoms with Gasteiger partial charge in [-0.15, -0.1) is 0 Å². The molecule has 0 aliphatic heterocycles. The zero-order valence-electron chi connectivity index (χ0n) is 14.2. The third kappa shape index (κ3) is 6.21. The summed E-state index contributed by atoms with van der Waals surface area (Å²) in [5, 5.41) is 3.45. The van der Waals surface area contributed by atoms with E-state index >= 15 is 0 Å². The Labute approximate surface area is 129 Å². The predicted octanol–water partition coefficient (Wildman–Crippen LogP) is 4.13. The van der Waals surface area contributed by atoms with Gasteiger partial charge in [-0.05, 0) is 39.3 Å². The van der Waals surface area contributed by atoms with Crippen molar-refractivity contribution in [3.63, 3.8) is 0 Å². The van der Waals surface area contributed by atoms with Crippen LogP contribution in [0.2, 0.25) is 0 Å². The van der Waals surface area contributed by atoms with E-state index in [4.69, 9.17) is 9.47 Å². The Hall–Kier alpha value is -1.48. The van der Waals surface area contributed by atoms with Crippen LogP contribution in [0.15, 0.2) is 23.8 Å². The Bertz CT molecular complexity index is 464. The van der Waals surface area contributed by atoms with Gasteiger partial charge >= 0.3 is 0 Å². The fourth-order valence-corrected chi connectivity index (χ4v) is 2.04. The van der Waals surface area contributed by atoms with Gasteiger partial charge in [0.1, 0.15) is 0 Å². The van der Waals surface area contributed by atoms with Gasteiger partial charge in [0, 0.05) is 12.1 Å². The van der Waals surface area contributed by atoms with Crippen LogP contribution in [0, 0.1) is 5.92 Å². The highest BCUT2D eigenvalue weighted by Crippen LogP contribution is 2.33. The average molecular weight is 291 g/mol. The molecule has 3 heteroatoms. The van der Waals surface area contributed by atoms with Gasteiger partial charge in [0.15, 0.2) is 11.5 Å². The Morgan fingerprint density at radius 1 is 1.24 bits per heavy atom. The Morgan fingerprint density at radius 2 is 1.95 bits per heavy atom. The molecule has 118 valence electrons. The third-order valence-corrected chi connectivity index (χ3v) is 2.94. The fourth-order valence-electron chi connectivity index (χ4n) is 2.04. The number of ether oxygens (including phenoxy) is 2. The fraction of sp³-hybridized carbons (Fsp3) is 0.556. The zero-order chi connectivity index (χ0) is 15.8. The minimum Gasteiger partial charge on any atom is -0.493 e. The summed E-state index contributed by atoms with van der Waals surface area (Å²) < 4.78 is 11.3. The SMILES string of the molecule is COc1cccc(C=C(C)CNCC(C)C)c1OC(C)C. The molecule has 0 saturated carbocycles. The van der Waals surface area contributed by atoms with Crippen LogP contribution in [0.5, 0.6) is 11.5 Å². The molecule has 0 aromatic heterocycles. The molecule has 1 rings (SSSR count). The zero-order valence-corrected chi connectivity index (χ0v) is 14.2. The molecule has 0 amide bonds. The molecule has 0 aliphatic rings. The lowest BCUT2D eigenvalue weighted by molar-refractivity contribution is 0.229. The van der Waals surface area contributed by atoms with E-state index < -0.39 is 0 Å². The molecule has 0 bridgehead atoms. The largest absolute Gasteiger partial charge is 0.493 e.